The quantitative estimate of drug-likeness (QED) is 0.898. The molecule has 1 aromatic carbocycles. The molecule has 0 radical (unpaired) electrons. The van der Waals surface area contributed by atoms with Gasteiger partial charge in [-0.05, 0) is 42.4 Å². The number of rotatable bonds is 3. The SMILES string of the molecule is CC1CC1C(N)Cc1ccc(F)cc1Br. The van der Waals surface area contributed by atoms with Crippen molar-refractivity contribution in [3.63, 3.8) is 0 Å². The lowest BCUT2D eigenvalue weighted by Gasteiger charge is -2.12. The molecule has 1 aliphatic rings. The summed E-state index contributed by atoms with van der Waals surface area (Å²) in [6.45, 7) is 2.23. The molecule has 3 heteroatoms. The van der Waals surface area contributed by atoms with E-state index < -0.39 is 0 Å². The van der Waals surface area contributed by atoms with Crippen molar-refractivity contribution in [3.8, 4) is 0 Å². The summed E-state index contributed by atoms with van der Waals surface area (Å²) < 4.78 is 13.7. The Morgan fingerprint density at radius 2 is 2.27 bits per heavy atom. The average Bonchev–Trinajstić information content (AvgIpc) is 2.88. The molecule has 3 unspecified atom stereocenters. The molecule has 2 rings (SSSR count). The van der Waals surface area contributed by atoms with E-state index in [-0.39, 0.29) is 11.9 Å². The van der Waals surface area contributed by atoms with Crippen LogP contribution >= 0.6 is 15.9 Å². The molecule has 82 valence electrons. The molecule has 0 heterocycles. The molecule has 15 heavy (non-hydrogen) atoms. The number of hydrogen-bond donors (Lipinski definition) is 1. The van der Waals surface area contributed by atoms with Crippen molar-refractivity contribution < 1.29 is 4.39 Å². The molecule has 1 nitrogen and oxygen atoms in total. The number of halogens is 2. The lowest BCUT2D eigenvalue weighted by atomic mass is 10.0. The van der Waals surface area contributed by atoms with Gasteiger partial charge >= 0.3 is 0 Å². The van der Waals surface area contributed by atoms with Crippen molar-refractivity contribution in [2.24, 2.45) is 17.6 Å². The van der Waals surface area contributed by atoms with Crippen LogP contribution in [0.1, 0.15) is 18.9 Å². The molecule has 1 aromatic rings. The van der Waals surface area contributed by atoms with Gasteiger partial charge < -0.3 is 5.73 Å². The molecule has 0 amide bonds. The van der Waals surface area contributed by atoms with E-state index in [9.17, 15) is 4.39 Å². The van der Waals surface area contributed by atoms with Crippen LogP contribution in [0.25, 0.3) is 0 Å². The highest BCUT2D eigenvalue weighted by Gasteiger charge is 2.37. The first kappa shape index (κ1) is 11.1. The standard InChI is InChI=1S/C12H15BrFN/c1-7-4-10(7)12(15)5-8-2-3-9(14)6-11(8)13/h2-3,6-7,10,12H,4-5,15H2,1H3. The second-order valence-corrected chi connectivity index (χ2v) is 5.33. The third-order valence-electron chi connectivity index (χ3n) is 3.19. The van der Waals surface area contributed by atoms with Crippen LogP contribution in [0.15, 0.2) is 22.7 Å². The average molecular weight is 272 g/mol. The number of benzene rings is 1. The van der Waals surface area contributed by atoms with Crippen LogP contribution in [0.5, 0.6) is 0 Å². The van der Waals surface area contributed by atoms with Gasteiger partial charge in [-0.15, -0.1) is 0 Å². The fourth-order valence-corrected chi connectivity index (χ4v) is 2.55. The summed E-state index contributed by atoms with van der Waals surface area (Å²) in [6.07, 6.45) is 2.07. The Morgan fingerprint density at radius 1 is 1.60 bits per heavy atom. The van der Waals surface area contributed by atoms with Gasteiger partial charge in [0, 0.05) is 10.5 Å². The van der Waals surface area contributed by atoms with Crippen molar-refractivity contribution in [3.05, 3.63) is 34.1 Å². The van der Waals surface area contributed by atoms with Gasteiger partial charge in [-0.25, -0.2) is 4.39 Å². The van der Waals surface area contributed by atoms with Crippen LogP contribution in [-0.4, -0.2) is 6.04 Å². The zero-order valence-electron chi connectivity index (χ0n) is 8.71. The van der Waals surface area contributed by atoms with E-state index in [1.54, 1.807) is 0 Å². The summed E-state index contributed by atoms with van der Waals surface area (Å²) in [5.74, 6) is 1.21. The van der Waals surface area contributed by atoms with Crippen LogP contribution < -0.4 is 5.73 Å². The zero-order valence-corrected chi connectivity index (χ0v) is 10.3. The fraction of sp³-hybridized carbons (Fsp3) is 0.500. The minimum atomic E-state index is -0.209. The number of nitrogens with two attached hydrogens (primary N) is 1. The first-order valence-electron chi connectivity index (χ1n) is 5.27. The van der Waals surface area contributed by atoms with Gasteiger partial charge in [0.25, 0.3) is 0 Å². The molecule has 2 N–H and O–H groups in total. The zero-order chi connectivity index (χ0) is 11.0. The van der Waals surface area contributed by atoms with Crippen LogP contribution in [-0.2, 0) is 6.42 Å². The van der Waals surface area contributed by atoms with Crippen LogP contribution in [0.4, 0.5) is 4.39 Å². The molecule has 0 aliphatic heterocycles. The largest absolute Gasteiger partial charge is 0.327 e. The van der Waals surface area contributed by atoms with Crippen LogP contribution in [0.3, 0.4) is 0 Å². The van der Waals surface area contributed by atoms with Gasteiger partial charge in [0.1, 0.15) is 5.82 Å². The molecule has 1 aliphatic carbocycles. The van der Waals surface area contributed by atoms with Gasteiger partial charge in [-0.3, -0.25) is 0 Å². The lowest BCUT2D eigenvalue weighted by Crippen LogP contribution is -2.26. The van der Waals surface area contributed by atoms with E-state index in [4.69, 9.17) is 5.73 Å². The Labute approximate surface area is 98.0 Å². The molecular weight excluding hydrogens is 257 g/mol. The van der Waals surface area contributed by atoms with Crippen LogP contribution in [0, 0.1) is 17.7 Å². The van der Waals surface area contributed by atoms with E-state index in [1.807, 2.05) is 6.07 Å². The Balaban J connectivity index is 2.04. The highest BCUT2D eigenvalue weighted by atomic mass is 79.9. The minimum Gasteiger partial charge on any atom is -0.327 e. The number of hydrogen-bond acceptors (Lipinski definition) is 1. The second kappa shape index (κ2) is 4.22. The maximum absolute atomic E-state index is 12.9. The van der Waals surface area contributed by atoms with Gasteiger partial charge in [0.15, 0.2) is 0 Å². The van der Waals surface area contributed by atoms with E-state index in [0.717, 1.165) is 22.4 Å². The molecule has 0 bridgehead atoms. The third kappa shape index (κ3) is 2.58. The summed E-state index contributed by atoms with van der Waals surface area (Å²) >= 11 is 3.36. The molecule has 1 saturated carbocycles. The van der Waals surface area contributed by atoms with Crippen molar-refractivity contribution in [2.75, 3.05) is 0 Å². The summed E-state index contributed by atoms with van der Waals surface area (Å²) in [6, 6.07) is 5.01. The van der Waals surface area contributed by atoms with E-state index in [2.05, 4.69) is 22.9 Å². The van der Waals surface area contributed by atoms with Gasteiger partial charge in [0.05, 0.1) is 0 Å². The smallest absolute Gasteiger partial charge is 0.124 e. The first-order chi connectivity index (χ1) is 7.08. The first-order valence-corrected chi connectivity index (χ1v) is 6.06. The maximum atomic E-state index is 12.9. The van der Waals surface area contributed by atoms with Gasteiger partial charge in [0.2, 0.25) is 0 Å². The molecule has 0 spiro atoms. The predicted molar refractivity (Wildman–Crippen MR) is 63.1 cm³/mol. The fourth-order valence-electron chi connectivity index (χ4n) is 2.04. The topological polar surface area (TPSA) is 26.0 Å². The summed E-state index contributed by atoms with van der Waals surface area (Å²) in [4.78, 5) is 0. The van der Waals surface area contributed by atoms with E-state index >= 15 is 0 Å². The summed E-state index contributed by atoms with van der Waals surface area (Å²) in [5.41, 5.74) is 7.19. The van der Waals surface area contributed by atoms with Gasteiger partial charge in [-0.2, -0.15) is 0 Å². The Morgan fingerprint density at radius 3 is 2.80 bits per heavy atom. The lowest BCUT2D eigenvalue weighted by molar-refractivity contribution is 0.557. The molecule has 1 fully saturated rings. The summed E-state index contributed by atoms with van der Waals surface area (Å²) in [7, 11) is 0. The Hall–Kier alpha value is -0.410. The minimum absolute atomic E-state index is 0.209. The van der Waals surface area contributed by atoms with Crippen molar-refractivity contribution >= 4 is 15.9 Å². The third-order valence-corrected chi connectivity index (χ3v) is 3.93. The Kier molecular flexibility index (Phi) is 3.12. The van der Waals surface area contributed by atoms with Crippen molar-refractivity contribution in [1.29, 1.82) is 0 Å². The highest BCUT2D eigenvalue weighted by molar-refractivity contribution is 9.10. The highest BCUT2D eigenvalue weighted by Crippen LogP contribution is 2.41. The molecule has 3 atom stereocenters. The molecule has 0 saturated heterocycles. The van der Waals surface area contributed by atoms with E-state index in [1.165, 1.54) is 18.6 Å². The summed E-state index contributed by atoms with van der Waals surface area (Å²) in [5, 5.41) is 0. The van der Waals surface area contributed by atoms with Crippen molar-refractivity contribution in [1.82, 2.24) is 0 Å². The second-order valence-electron chi connectivity index (χ2n) is 4.48. The maximum Gasteiger partial charge on any atom is 0.124 e. The van der Waals surface area contributed by atoms with Gasteiger partial charge in [-0.1, -0.05) is 28.9 Å². The van der Waals surface area contributed by atoms with E-state index in [0.29, 0.717) is 5.92 Å². The molecule has 0 aromatic heterocycles. The normalized spacial score (nSPS) is 26.4. The monoisotopic (exact) mass is 271 g/mol. The van der Waals surface area contributed by atoms with Crippen LogP contribution in [0.2, 0.25) is 0 Å². The van der Waals surface area contributed by atoms with Crippen molar-refractivity contribution in [2.45, 2.75) is 25.8 Å². The predicted octanol–water partition coefficient (Wildman–Crippen LogP) is 3.11. The molecular formula is C12H15BrFN. The Bertz CT molecular complexity index is 367.